The van der Waals surface area contributed by atoms with Gasteiger partial charge in [-0.3, -0.25) is 4.79 Å². The van der Waals surface area contributed by atoms with Crippen LogP contribution in [0.5, 0.6) is 0 Å². The minimum atomic E-state index is -0.395. The molecule has 2 rings (SSSR count). The fraction of sp³-hybridized carbons (Fsp3) is 0.500. The molecule has 20 heavy (non-hydrogen) atoms. The standard InChI is InChI=1S/C18H24O2/c1-17(2)15(11-10-14-8-6-5-7-9-14)12-13-18(17,3)16(19)20-4/h5-11,15H,12-13H2,1-4H3/b11-10-/t15-,18-/m1/s1. The van der Waals surface area contributed by atoms with E-state index in [1.165, 1.54) is 12.7 Å². The monoisotopic (exact) mass is 272 g/mol. The van der Waals surface area contributed by atoms with Gasteiger partial charge in [0.2, 0.25) is 0 Å². The van der Waals surface area contributed by atoms with E-state index in [0.29, 0.717) is 5.92 Å². The van der Waals surface area contributed by atoms with Crippen LogP contribution in [0, 0.1) is 16.7 Å². The van der Waals surface area contributed by atoms with E-state index in [-0.39, 0.29) is 11.4 Å². The van der Waals surface area contributed by atoms with Gasteiger partial charge in [-0.2, -0.15) is 0 Å². The molecule has 2 nitrogen and oxygen atoms in total. The van der Waals surface area contributed by atoms with Crippen LogP contribution < -0.4 is 0 Å². The number of ether oxygens (including phenoxy) is 1. The molecular formula is C18H24O2. The van der Waals surface area contributed by atoms with Crippen LogP contribution >= 0.6 is 0 Å². The average molecular weight is 272 g/mol. The zero-order valence-corrected chi connectivity index (χ0v) is 12.8. The van der Waals surface area contributed by atoms with Crippen molar-refractivity contribution in [1.82, 2.24) is 0 Å². The van der Waals surface area contributed by atoms with Gasteiger partial charge in [0.15, 0.2) is 0 Å². The van der Waals surface area contributed by atoms with Crippen LogP contribution in [0.25, 0.3) is 6.08 Å². The lowest BCUT2D eigenvalue weighted by Crippen LogP contribution is -2.41. The SMILES string of the molecule is COC(=O)[C@@]1(C)CC[C@@H](/C=C\c2ccccc2)C1(C)C. The summed E-state index contributed by atoms with van der Waals surface area (Å²) in [6, 6.07) is 10.3. The number of allylic oxidation sites excluding steroid dienone is 1. The minimum absolute atomic E-state index is 0.0851. The zero-order valence-electron chi connectivity index (χ0n) is 12.8. The van der Waals surface area contributed by atoms with Crippen LogP contribution in [-0.2, 0) is 9.53 Å². The molecule has 2 heteroatoms. The van der Waals surface area contributed by atoms with Crippen molar-refractivity contribution in [3.63, 3.8) is 0 Å². The Morgan fingerprint density at radius 1 is 1.25 bits per heavy atom. The van der Waals surface area contributed by atoms with Gasteiger partial charge in [0.05, 0.1) is 12.5 Å². The average Bonchev–Trinajstić information content (AvgIpc) is 2.69. The Bertz CT molecular complexity index is 501. The van der Waals surface area contributed by atoms with Crippen molar-refractivity contribution >= 4 is 12.0 Å². The number of methoxy groups -OCH3 is 1. The van der Waals surface area contributed by atoms with Gasteiger partial charge >= 0.3 is 5.97 Å². The van der Waals surface area contributed by atoms with E-state index in [2.05, 4.69) is 38.1 Å². The molecule has 0 spiro atoms. The van der Waals surface area contributed by atoms with Crippen molar-refractivity contribution in [2.75, 3.05) is 7.11 Å². The molecule has 1 aliphatic rings. The van der Waals surface area contributed by atoms with Crippen LogP contribution in [0.2, 0.25) is 0 Å². The molecule has 108 valence electrons. The summed E-state index contributed by atoms with van der Waals surface area (Å²) >= 11 is 0. The fourth-order valence-corrected chi connectivity index (χ4v) is 3.25. The fourth-order valence-electron chi connectivity index (χ4n) is 3.25. The molecule has 0 saturated heterocycles. The summed E-state index contributed by atoms with van der Waals surface area (Å²) in [6.45, 7) is 6.39. The smallest absolute Gasteiger partial charge is 0.312 e. The van der Waals surface area contributed by atoms with E-state index in [9.17, 15) is 4.79 Å². The predicted octanol–water partition coefficient (Wildman–Crippen LogP) is 4.32. The number of benzene rings is 1. The molecule has 2 atom stereocenters. The Hall–Kier alpha value is -1.57. The van der Waals surface area contributed by atoms with Gasteiger partial charge in [0, 0.05) is 0 Å². The second-order valence-corrected chi connectivity index (χ2v) is 6.46. The van der Waals surface area contributed by atoms with Crippen molar-refractivity contribution < 1.29 is 9.53 Å². The van der Waals surface area contributed by atoms with Crippen LogP contribution in [0.3, 0.4) is 0 Å². The molecule has 1 saturated carbocycles. The first-order chi connectivity index (χ1) is 9.41. The maximum atomic E-state index is 12.1. The number of hydrogen-bond acceptors (Lipinski definition) is 2. The highest BCUT2D eigenvalue weighted by Crippen LogP contribution is 2.57. The van der Waals surface area contributed by atoms with Crippen molar-refractivity contribution in [3.05, 3.63) is 42.0 Å². The lowest BCUT2D eigenvalue weighted by molar-refractivity contribution is -0.157. The molecule has 1 aromatic carbocycles. The van der Waals surface area contributed by atoms with E-state index >= 15 is 0 Å². The first-order valence-electron chi connectivity index (χ1n) is 7.23. The Balaban J connectivity index is 2.20. The van der Waals surface area contributed by atoms with E-state index in [0.717, 1.165) is 12.8 Å². The van der Waals surface area contributed by atoms with Gasteiger partial charge in [-0.1, -0.05) is 56.3 Å². The van der Waals surface area contributed by atoms with E-state index in [1.54, 1.807) is 0 Å². The van der Waals surface area contributed by atoms with E-state index < -0.39 is 5.41 Å². The van der Waals surface area contributed by atoms with Crippen molar-refractivity contribution in [2.24, 2.45) is 16.7 Å². The van der Waals surface area contributed by atoms with Gasteiger partial charge in [-0.25, -0.2) is 0 Å². The summed E-state index contributed by atoms with van der Waals surface area (Å²) in [5.41, 5.74) is 0.716. The van der Waals surface area contributed by atoms with Crippen LogP contribution in [0.1, 0.15) is 39.2 Å². The molecule has 1 aromatic rings. The number of rotatable bonds is 3. The number of esters is 1. The van der Waals surface area contributed by atoms with E-state index in [1.807, 2.05) is 25.1 Å². The summed E-state index contributed by atoms with van der Waals surface area (Å²) in [7, 11) is 1.48. The molecule has 0 heterocycles. The molecule has 1 aliphatic carbocycles. The molecular weight excluding hydrogens is 248 g/mol. The summed E-state index contributed by atoms with van der Waals surface area (Å²) in [5, 5.41) is 0. The molecule has 0 aliphatic heterocycles. The first kappa shape index (κ1) is 14.8. The van der Waals surface area contributed by atoms with Gasteiger partial charge < -0.3 is 4.74 Å². The number of carbonyl (C=O) groups is 1. The lowest BCUT2D eigenvalue weighted by atomic mass is 9.65. The third kappa shape index (κ3) is 2.39. The van der Waals surface area contributed by atoms with Crippen molar-refractivity contribution in [3.8, 4) is 0 Å². The Kier molecular flexibility index (Phi) is 4.03. The number of hydrogen-bond donors (Lipinski definition) is 0. The predicted molar refractivity (Wildman–Crippen MR) is 82.1 cm³/mol. The topological polar surface area (TPSA) is 26.3 Å². The quantitative estimate of drug-likeness (QED) is 0.766. The second-order valence-electron chi connectivity index (χ2n) is 6.46. The van der Waals surface area contributed by atoms with Crippen LogP contribution in [-0.4, -0.2) is 13.1 Å². The summed E-state index contributed by atoms with van der Waals surface area (Å²) in [4.78, 5) is 12.1. The maximum absolute atomic E-state index is 12.1. The van der Waals surface area contributed by atoms with Crippen molar-refractivity contribution in [2.45, 2.75) is 33.6 Å². The largest absolute Gasteiger partial charge is 0.469 e. The van der Waals surface area contributed by atoms with Gasteiger partial charge in [0.1, 0.15) is 0 Å². The number of carbonyl (C=O) groups excluding carboxylic acids is 1. The Morgan fingerprint density at radius 3 is 2.50 bits per heavy atom. The molecule has 0 bridgehead atoms. The molecule has 1 fully saturated rings. The Labute approximate surface area is 121 Å². The lowest BCUT2D eigenvalue weighted by Gasteiger charge is -2.38. The molecule has 0 aromatic heterocycles. The normalized spacial score (nSPS) is 28.7. The Morgan fingerprint density at radius 2 is 1.90 bits per heavy atom. The maximum Gasteiger partial charge on any atom is 0.312 e. The summed E-state index contributed by atoms with van der Waals surface area (Å²) < 4.78 is 5.02. The molecule has 0 amide bonds. The minimum Gasteiger partial charge on any atom is -0.469 e. The highest BCUT2D eigenvalue weighted by Gasteiger charge is 2.55. The molecule has 0 unspecified atom stereocenters. The molecule has 0 N–H and O–H groups in total. The highest BCUT2D eigenvalue weighted by atomic mass is 16.5. The van der Waals surface area contributed by atoms with Crippen LogP contribution in [0.15, 0.2) is 36.4 Å². The second kappa shape index (κ2) is 5.43. The van der Waals surface area contributed by atoms with Gasteiger partial charge in [0.25, 0.3) is 0 Å². The summed E-state index contributed by atoms with van der Waals surface area (Å²) in [5.74, 6) is 0.310. The first-order valence-corrected chi connectivity index (χ1v) is 7.23. The third-order valence-corrected chi connectivity index (χ3v) is 5.26. The van der Waals surface area contributed by atoms with Gasteiger partial charge in [-0.15, -0.1) is 0 Å². The van der Waals surface area contributed by atoms with Gasteiger partial charge in [-0.05, 0) is 36.7 Å². The van der Waals surface area contributed by atoms with E-state index in [4.69, 9.17) is 4.74 Å². The highest BCUT2D eigenvalue weighted by molar-refractivity contribution is 5.78. The third-order valence-electron chi connectivity index (χ3n) is 5.26. The van der Waals surface area contributed by atoms with Crippen molar-refractivity contribution in [1.29, 1.82) is 0 Å². The summed E-state index contributed by atoms with van der Waals surface area (Å²) in [6.07, 6.45) is 6.33. The molecule has 0 radical (unpaired) electrons. The van der Waals surface area contributed by atoms with Crippen LogP contribution in [0.4, 0.5) is 0 Å². The zero-order chi connectivity index (χ0) is 14.8.